The lowest BCUT2D eigenvalue weighted by Gasteiger charge is -2.39. The third kappa shape index (κ3) is 10.2. The number of hydrogen-bond donors (Lipinski definition) is 3. The van der Waals surface area contributed by atoms with E-state index in [0.717, 1.165) is 43.4 Å². The number of methoxy groups -OCH3 is 1. The van der Waals surface area contributed by atoms with E-state index < -0.39 is 35.4 Å². The normalized spacial score (nSPS) is 23.8. The summed E-state index contributed by atoms with van der Waals surface area (Å²) in [5.74, 6) is -3.02. The highest BCUT2D eigenvalue weighted by Crippen LogP contribution is 2.61. The number of likely N-dealkylation sites (tertiary alicyclic amines) is 1. The number of nitrogens with one attached hydrogen (secondary N) is 2. The van der Waals surface area contributed by atoms with Crippen molar-refractivity contribution in [1.29, 1.82) is 0 Å². The predicted molar refractivity (Wildman–Crippen MR) is 214 cm³/mol. The molecule has 14 heteroatoms. The molecule has 0 radical (unpaired) electrons. The van der Waals surface area contributed by atoms with Crippen molar-refractivity contribution in [2.75, 3.05) is 40.5 Å². The van der Waals surface area contributed by atoms with E-state index in [4.69, 9.17) is 14.5 Å². The molecule has 2 aliphatic carbocycles. The van der Waals surface area contributed by atoms with Gasteiger partial charge in [0.25, 0.3) is 5.91 Å². The average molecular weight is 796 g/mol. The topological polar surface area (TPSA) is 167 Å². The summed E-state index contributed by atoms with van der Waals surface area (Å²) in [6.45, 7) is 11.0. The number of aliphatic carboxylic acids is 1. The first-order chi connectivity index (χ1) is 26.7. The smallest absolute Gasteiger partial charge is 0.311 e. The molecule has 56 heavy (non-hydrogen) atoms. The lowest BCUT2D eigenvalue weighted by atomic mass is 9.80. The molecule has 5 rings (SSSR count). The first kappa shape index (κ1) is 43.2. The number of thiazole rings is 1. The van der Waals surface area contributed by atoms with Crippen LogP contribution in [0, 0.1) is 11.8 Å². The minimum Gasteiger partial charge on any atom is -0.481 e. The van der Waals surface area contributed by atoms with Crippen molar-refractivity contribution in [2.24, 2.45) is 11.8 Å². The quantitative estimate of drug-likeness (QED) is 0.159. The summed E-state index contributed by atoms with van der Waals surface area (Å²) in [6, 6.07) is 6.19. The molecule has 1 saturated heterocycles. The first-order valence-corrected chi connectivity index (χ1v) is 21.1. The monoisotopic (exact) mass is 795 g/mol. The SMILES string of the molecule is CC[C@H](C)C[C@H](NC(=O)[C@H]1CCCCN1C)C(=O)N(CCOC)[C@H](C[C@@H](COC(C)=O)c1nc(C(=O)NC23C[C@@H](C(=O)O)c4ccccc4[C@@H]2C3)cs1)C(C)C. The number of rotatable bonds is 19. The number of aromatic nitrogens is 1. The number of nitrogens with zero attached hydrogens (tertiary/aromatic N) is 3. The summed E-state index contributed by atoms with van der Waals surface area (Å²) >= 11 is 1.29. The van der Waals surface area contributed by atoms with Gasteiger partial charge in [0.05, 0.1) is 18.6 Å². The van der Waals surface area contributed by atoms with Crippen LogP contribution >= 0.6 is 11.3 Å². The zero-order valence-electron chi connectivity index (χ0n) is 34.0. The molecule has 1 unspecified atom stereocenters. The van der Waals surface area contributed by atoms with E-state index in [-0.39, 0.29) is 66.5 Å². The Balaban J connectivity index is 1.38. The van der Waals surface area contributed by atoms with Gasteiger partial charge in [0.2, 0.25) is 11.8 Å². The molecule has 2 heterocycles. The largest absolute Gasteiger partial charge is 0.481 e. The Morgan fingerprint density at radius 1 is 1.09 bits per heavy atom. The number of carboxylic acid groups (broad SMARTS) is 1. The molecule has 1 aromatic carbocycles. The van der Waals surface area contributed by atoms with E-state index in [1.807, 2.05) is 50.1 Å². The van der Waals surface area contributed by atoms with Gasteiger partial charge in [-0.3, -0.25) is 28.9 Å². The highest BCUT2D eigenvalue weighted by molar-refractivity contribution is 7.09. The summed E-state index contributed by atoms with van der Waals surface area (Å²) in [5.41, 5.74) is 1.32. The summed E-state index contributed by atoms with van der Waals surface area (Å²) in [6.07, 6.45) is 5.45. The second-order valence-corrected chi connectivity index (χ2v) is 17.4. The zero-order chi connectivity index (χ0) is 40.7. The van der Waals surface area contributed by atoms with E-state index >= 15 is 0 Å². The lowest BCUT2D eigenvalue weighted by molar-refractivity contribution is -0.143. The minimum absolute atomic E-state index is 0.00354. The molecule has 3 amide bonds. The van der Waals surface area contributed by atoms with E-state index in [1.54, 1.807) is 12.5 Å². The van der Waals surface area contributed by atoms with E-state index in [1.165, 1.54) is 18.3 Å². The second kappa shape index (κ2) is 19.0. The van der Waals surface area contributed by atoms with Crippen molar-refractivity contribution >= 4 is 41.0 Å². The van der Waals surface area contributed by atoms with Crippen LogP contribution in [-0.2, 0) is 28.7 Å². The first-order valence-electron chi connectivity index (χ1n) is 20.2. The van der Waals surface area contributed by atoms with Crippen LogP contribution < -0.4 is 10.6 Å². The van der Waals surface area contributed by atoms with Crippen LogP contribution in [-0.4, -0.2) is 114 Å². The average Bonchev–Trinajstić information content (AvgIpc) is 3.67. The number of fused-ring (bicyclic) bond motifs is 3. The zero-order valence-corrected chi connectivity index (χ0v) is 34.9. The Hall–Kier alpha value is -3.88. The molecule has 8 atom stereocenters. The van der Waals surface area contributed by atoms with E-state index in [9.17, 15) is 29.1 Å². The number of benzene rings is 1. The number of esters is 1. The van der Waals surface area contributed by atoms with Crippen molar-refractivity contribution in [2.45, 2.75) is 127 Å². The van der Waals surface area contributed by atoms with Crippen LogP contribution in [0.25, 0.3) is 0 Å². The van der Waals surface area contributed by atoms with Gasteiger partial charge in [-0.1, -0.05) is 64.8 Å². The van der Waals surface area contributed by atoms with Crippen LogP contribution in [0.15, 0.2) is 29.6 Å². The number of carbonyl (C=O) groups is 5. The molecular weight excluding hydrogens is 735 g/mol. The third-order valence-electron chi connectivity index (χ3n) is 12.2. The molecule has 3 aliphatic rings. The van der Waals surface area contributed by atoms with E-state index in [0.29, 0.717) is 37.2 Å². The number of piperidine rings is 1. The number of likely N-dealkylation sites (N-methyl/N-ethyl adjacent to an activating group) is 1. The van der Waals surface area contributed by atoms with Crippen LogP contribution in [0.3, 0.4) is 0 Å². The van der Waals surface area contributed by atoms with Gasteiger partial charge in [0.1, 0.15) is 23.4 Å². The molecular formula is C42H61N5O8S. The maximum Gasteiger partial charge on any atom is 0.311 e. The molecule has 308 valence electrons. The molecule has 2 fully saturated rings. The number of carbonyl (C=O) groups excluding carboxylic acids is 4. The Morgan fingerprint density at radius 3 is 2.46 bits per heavy atom. The fourth-order valence-corrected chi connectivity index (χ4v) is 9.54. The number of ether oxygens (including phenoxy) is 2. The molecule has 3 N–H and O–H groups in total. The third-order valence-corrected chi connectivity index (χ3v) is 13.2. The van der Waals surface area contributed by atoms with Gasteiger partial charge >= 0.3 is 11.9 Å². The molecule has 1 aliphatic heterocycles. The van der Waals surface area contributed by atoms with Crippen LogP contribution in [0.4, 0.5) is 0 Å². The van der Waals surface area contributed by atoms with Gasteiger partial charge in [0, 0.05) is 49.4 Å². The summed E-state index contributed by atoms with van der Waals surface area (Å²) in [4.78, 5) is 75.3. The second-order valence-electron chi connectivity index (χ2n) is 16.5. The molecule has 2 aromatic rings. The highest BCUT2D eigenvalue weighted by atomic mass is 32.1. The Bertz CT molecular complexity index is 1720. The van der Waals surface area contributed by atoms with Crippen LogP contribution in [0.2, 0.25) is 0 Å². The van der Waals surface area contributed by atoms with Gasteiger partial charge in [-0.15, -0.1) is 11.3 Å². The lowest BCUT2D eigenvalue weighted by Crippen LogP contribution is -2.57. The van der Waals surface area contributed by atoms with Gasteiger partial charge in [-0.25, -0.2) is 4.98 Å². The molecule has 0 spiro atoms. The maximum atomic E-state index is 14.7. The molecule has 1 saturated carbocycles. The fraction of sp³-hybridized carbons (Fsp3) is 0.667. The van der Waals surface area contributed by atoms with Crippen molar-refractivity contribution < 1.29 is 38.6 Å². The van der Waals surface area contributed by atoms with Crippen LogP contribution in [0.5, 0.6) is 0 Å². The minimum atomic E-state index is -0.913. The van der Waals surface area contributed by atoms with Crippen LogP contribution in [0.1, 0.15) is 130 Å². The van der Waals surface area contributed by atoms with Crippen molar-refractivity contribution in [1.82, 2.24) is 25.4 Å². The molecule has 13 nitrogen and oxygen atoms in total. The van der Waals surface area contributed by atoms with Gasteiger partial charge in [0.15, 0.2) is 0 Å². The van der Waals surface area contributed by atoms with Crippen molar-refractivity contribution in [3.8, 4) is 0 Å². The molecule has 0 bridgehead atoms. The highest BCUT2D eigenvalue weighted by Gasteiger charge is 2.61. The van der Waals surface area contributed by atoms with Gasteiger partial charge in [-0.05, 0) is 75.1 Å². The van der Waals surface area contributed by atoms with E-state index in [2.05, 4.69) is 29.4 Å². The van der Waals surface area contributed by atoms with Gasteiger partial charge in [-0.2, -0.15) is 0 Å². The fourth-order valence-electron chi connectivity index (χ4n) is 8.64. The number of amides is 3. The van der Waals surface area contributed by atoms with Crippen molar-refractivity contribution in [3.63, 3.8) is 0 Å². The predicted octanol–water partition coefficient (Wildman–Crippen LogP) is 5.31. The summed E-state index contributed by atoms with van der Waals surface area (Å²) in [5, 5.41) is 18.6. The Morgan fingerprint density at radius 2 is 1.82 bits per heavy atom. The molecule has 1 aromatic heterocycles. The Kier molecular flexibility index (Phi) is 14.7. The summed E-state index contributed by atoms with van der Waals surface area (Å²) in [7, 11) is 3.55. The standard InChI is InChI=1S/C42H61N5O8S/c1-8-26(4)19-33(43-38(50)35-15-11-12-16-46(35)6)40(51)47(17-18-54-7)36(25(2)3)20-28(23-55-27(5)48)39-44-34(24-56-39)37(49)45-42-21-31(41(52)53)29-13-9-10-14-30(29)32(42)22-42/h9-10,13-14,24-26,28,31-33,35-36H,8,11-12,15-23H2,1-7H3,(H,43,50)(H,45,49)(H,52,53)/t26-,28-,31+,32-,33-,35+,36+,42?/m0/s1. The summed E-state index contributed by atoms with van der Waals surface area (Å²) < 4.78 is 11.1. The maximum absolute atomic E-state index is 14.7. The number of carboxylic acids is 1. The van der Waals surface area contributed by atoms with Crippen molar-refractivity contribution in [3.05, 3.63) is 51.5 Å². The number of hydrogen-bond acceptors (Lipinski definition) is 10. The van der Waals surface area contributed by atoms with Gasteiger partial charge < -0.3 is 30.1 Å². The Labute approximate surface area is 335 Å².